The molecule has 0 N–H and O–H groups in total. The third kappa shape index (κ3) is 1.76. The summed E-state index contributed by atoms with van der Waals surface area (Å²) in [6, 6.07) is 5.52. The molecule has 102 valence electrons. The molecule has 5 rings (SSSR count). The van der Waals surface area contributed by atoms with Crippen molar-refractivity contribution >= 4 is 5.57 Å². The number of halogens is 3. The second-order valence-corrected chi connectivity index (χ2v) is 5.72. The Balaban J connectivity index is 1.72. The zero-order chi connectivity index (χ0) is 13.9. The molecule has 1 fully saturated rings. The highest BCUT2D eigenvalue weighted by molar-refractivity contribution is 5.73. The van der Waals surface area contributed by atoms with E-state index in [9.17, 15) is 13.2 Å². The van der Waals surface area contributed by atoms with E-state index in [4.69, 9.17) is 0 Å². The molecule has 0 nitrogen and oxygen atoms in total. The Morgan fingerprint density at radius 2 is 1.35 bits per heavy atom. The van der Waals surface area contributed by atoms with Crippen molar-refractivity contribution in [3.63, 3.8) is 0 Å². The minimum absolute atomic E-state index is 0.201. The van der Waals surface area contributed by atoms with Gasteiger partial charge in [0.25, 0.3) is 0 Å². The van der Waals surface area contributed by atoms with Crippen LogP contribution in [0.25, 0.3) is 5.57 Å². The Kier molecular flexibility index (Phi) is 2.33. The zero-order valence-electron chi connectivity index (χ0n) is 10.6. The predicted octanol–water partition coefficient (Wildman–Crippen LogP) is 4.71. The van der Waals surface area contributed by atoms with Gasteiger partial charge in [-0.3, -0.25) is 0 Å². The van der Waals surface area contributed by atoms with Gasteiger partial charge in [-0.25, -0.2) is 0 Å². The predicted molar refractivity (Wildman–Crippen MR) is 71.7 cm³/mol. The number of rotatable bonds is 1. The summed E-state index contributed by atoms with van der Waals surface area (Å²) < 4.78 is 37.8. The molecule has 0 aliphatic heterocycles. The molecule has 4 atom stereocenters. The topological polar surface area (TPSA) is 0 Å². The Bertz CT molecular complexity index is 611. The van der Waals surface area contributed by atoms with E-state index in [-0.39, 0.29) is 5.92 Å². The van der Waals surface area contributed by atoms with Crippen molar-refractivity contribution < 1.29 is 13.2 Å². The summed E-state index contributed by atoms with van der Waals surface area (Å²) >= 11 is 0. The first-order valence-corrected chi connectivity index (χ1v) is 6.80. The average Bonchev–Trinajstić information content (AvgIpc) is 3.15. The molecule has 0 saturated heterocycles. The SMILES string of the molecule is FC(F)(F)c1ccc(C2=CC3[C@H]4C=CC2C=C[C@@H]34)cc1. The van der Waals surface area contributed by atoms with Crippen molar-refractivity contribution in [1.82, 2.24) is 0 Å². The quantitative estimate of drug-likeness (QED) is 0.651. The van der Waals surface area contributed by atoms with Crippen LogP contribution in [0.15, 0.2) is 54.6 Å². The second-order valence-electron chi connectivity index (χ2n) is 5.72. The summed E-state index contributed by atoms with van der Waals surface area (Å²) in [4.78, 5) is 0. The highest BCUT2D eigenvalue weighted by atomic mass is 19.4. The van der Waals surface area contributed by atoms with Gasteiger partial charge in [-0.2, -0.15) is 13.2 Å². The van der Waals surface area contributed by atoms with Gasteiger partial charge in [0.15, 0.2) is 0 Å². The zero-order valence-corrected chi connectivity index (χ0v) is 10.6. The lowest BCUT2D eigenvalue weighted by atomic mass is 9.92. The molecule has 0 spiro atoms. The van der Waals surface area contributed by atoms with Gasteiger partial charge in [0.05, 0.1) is 5.56 Å². The molecule has 0 aromatic heterocycles. The molecule has 1 saturated carbocycles. The minimum Gasteiger partial charge on any atom is -0.166 e. The first-order chi connectivity index (χ1) is 9.54. The van der Waals surface area contributed by atoms with Crippen LogP contribution in [0.4, 0.5) is 13.2 Å². The van der Waals surface area contributed by atoms with Gasteiger partial charge in [0.2, 0.25) is 0 Å². The van der Waals surface area contributed by atoms with Crippen LogP contribution in [0.2, 0.25) is 0 Å². The highest BCUT2D eigenvalue weighted by Crippen LogP contribution is 2.55. The third-order valence-corrected chi connectivity index (χ3v) is 4.55. The second kappa shape index (κ2) is 3.87. The number of allylic oxidation sites excluding steroid dienone is 6. The molecule has 20 heavy (non-hydrogen) atoms. The van der Waals surface area contributed by atoms with Crippen LogP contribution in [-0.4, -0.2) is 0 Å². The lowest BCUT2D eigenvalue weighted by Gasteiger charge is -2.14. The van der Waals surface area contributed by atoms with E-state index < -0.39 is 11.7 Å². The molecule has 3 heteroatoms. The fraction of sp³-hybridized carbons (Fsp3) is 0.294. The van der Waals surface area contributed by atoms with Gasteiger partial charge in [-0.15, -0.1) is 0 Å². The monoisotopic (exact) mass is 274 g/mol. The molecular formula is C17H13F3. The lowest BCUT2D eigenvalue weighted by Crippen LogP contribution is -2.05. The minimum atomic E-state index is -4.27. The number of hydrogen-bond donors (Lipinski definition) is 0. The van der Waals surface area contributed by atoms with E-state index in [1.807, 2.05) is 0 Å². The Labute approximate surface area is 115 Å². The lowest BCUT2D eigenvalue weighted by molar-refractivity contribution is -0.137. The van der Waals surface area contributed by atoms with Crippen molar-refractivity contribution in [2.45, 2.75) is 6.18 Å². The van der Waals surface area contributed by atoms with Gasteiger partial charge in [0.1, 0.15) is 0 Å². The van der Waals surface area contributed by atoms with Crippen LogP contribution in [0.5, 0.6) is 0 Å². The van der Waals surface area contributed by atoms with Crippen molar-refractivity contribution in [3.05, 3.63) is 65.8 Å². The largest absolute Gasteiger partial charge is 0.416 e. The summed E-state index contributed by atoms with van der Waals surface area (Å²) in [5.41, 5.74) is 1.44. The Morgan fingerprint density at radius 3 is 1.90 bits per heavy atom. The van der Waals surface area contributed by atoms with E-state index in [1.54, 1.807) is 12.1 Å². The van der Waals surface area contributed by atoms with Crippen LogP contribution >= 0.6 is 0 Å². The van der Waals surface area contributed by atoms with Crippen molar-refractivity contribution in [2.24, 2.45) is 23.7 Å². The molecule has 4 bridgehead atoms. The molecule has 1 aromatic carbocycles. The van der Waals surface area contributed by atoms with E-state index in [0.717, 1.165) is 11.1 Å². The first-order valence-electron chi connectivity index (χ1n) is 6.80. The fourth-order valence-electron chi connectivity index (χ4n) is 3.35. The molecular weight excluding hydrogens is 261 g/mol. The summed E-state index contributed by atoms with van der Waals surface area (Å²) in [6.45, 7) is 0. The van der Waals surface area contributed by atoms with Crippen molar-refractivity contribution in [3.8, 4) is 0 Å². The van der Waals surface area contributed by atoms with Crippen molar-refractivity contribution in [1.29, 1.82) is 0 Å². The summed E-state index contributed by atoms with van der Waals surface area (Å²) in [6.07, 6.45) is 6.86. The van der Waals surface area contributed by atoms with Gasteiger partial charge in [0, 0.05) is 5.92 Å². The van der Waals surface area contributed by atoms with Gasteiger partial charge in [-0.1, -0.05) is 42.5 Å². The van der Waals surface area contributed by atoms with Crippen LogP contribution in [0.3, 0.4) is 0 Å². The number of alkyl halides is 3. The molecule has 0 heterocycles. The highest BCUT2D eigenvalue weighted by Gasteiger charge is 2.48. The van der Waals surface area contributed by atoms with Crippen molar-refractivity contribution in [2.75, 3.05) is 0 Å². The molecule has 2 unspecified atom stereocenters. The van der Waals surface area contributed by atoms with Crippen LogP contribution in [0.1, 0.15) is 11.1 Å². The van der Waals surface area contributed by atoms with E-state index in [0.29, 0.717) is 17.8 Å². The van der Waals surface area contributed by atoms with Gasteiger partial charge >= 0.3 is 6.18 Å². The van der Waals surface area contributed by atoms with E-state index >= 15 is 0 Å². The number of hydrogen-bond acceptors (Lipinski definition) is 0. The van der Waals surface area contributed by atoms with Crippen LogP contribution in [-0.2, 0) is 6.18 Å². The maximum atomic E-state index is 12.6. The Morgan fingerprint density at radius 1 is 0.750 bits per heavy atom. The molecule has 1 aromatic rings. The third-order valence-electron chi connectivity index (χ3n) is 4.55. The summed E-state index contributed by atoms with van der Waals surface area (Å²) in [5, 5.41) is 0. The number of benzene rings is 1. The Hall–Kier alpha value is -1.77. The summed E-state index contributed by atoms with van der Waals surface area (Å²) in [7, 11) is 0. The maximum absolute atomic E-state index is 12.6. The van der Waals surface area contributed by atoms with E-state index in [2.05, 4.69) is 30.4 Å². The summed E-state index contributed by atoms with van der Waals surface area (Å²) in [5.74, 6) is 1.94. The van der Waals surface area contributed by atoms with Crippen LogP contribution < -0.4 is 0 Å². The van der Waals surface area contributed by atoms with E-state index in [1.165, 1.54) is 12.1 Å². The first kappa shape index (κ1) is 12.0. The molecule has 4 aliphatic rings. The smallest absolute Gasteiger partial charge is 0.166 e. The molecule has 4 aliphatic carbocycles. The normalized spacial score (nSPS) is 33.6. The maximum Gasteiger partial charge on any atom is 0.416 e. The van der Waals surface area contributed by atoms with Crippen LogP contribution in [0, 0.1) is 23.7 Å². The molecule has 0 amide bonds. The standard InChI is InChI=1S/C17H13F3/c18-17(19,20)12-5-1-10(2-6-12)15-9-16-13-7-3-11(15)4-8-14(13)16/h1-9,11,13-14,16H/t11?,13-,14+,16?. The van der Waals surface area contributed by atoms with Gasteiger partial charge in [-0.05, 0) is 41.0 Å². The fourth-order valence-corrected chi connectivity index (χ4v) is 3.35. The molecule has 0 radical (unpaired) electrons. The van der Waals surface area contributed by atoms with Gasteiger partial charge < -0.3 is 0 Å². The average molecular weight is 274 g/mol.